The first-order chi connectivity index (χ1) is 8.40. The van der Waals surface area contributed by atoms with Gasteiger partial charge >= 0.3 is 0 Å². The molecule has 0 aliphatic rings. The summed E-state index contributed by atoms with van der Waals surface area (Å²) >= 11 is 1.71. The van der Waals surface area contributed by atoms with Gasteiger partial charge in [0.25, 0.3) is 0 Å². The zero-order valence-electron chi connectivity index (χ0n) is 9.38. The van der Waals surface area contributed by atoms with Crippen LogP contribution >= 0.6 is 11.3 Å². The minimum Gasteiger partial charge on any atom is -0.494 e. The molecule has 0 saturated heterocycles. The number of nitrogens with zero attached hydrogens (tertiary/aromatic N) is 1. The molecule has 2 heterocycles. The van der Waals surface area contributed by atoms with Crippen LogP contribution in [0.2, 0.25) is 0 Å². The monoisotopic (exact) mass is 241 g/mol. The number of thiophene rings is 1. The number of ether oxygens (including phenoxy) is 1. The molecule has 0 spiro atoms. The van der Waals surface area contributed by atoms with Crippen molar-refractivity contribution in [1.29, 1.82) is 0 Å². The van der Waals surface area contributed by atoms with Crippen molar-refractivity contribution in [2.45, 2.75) is 0 Å². The predicted molar refractivity (Wildman–Crippen MR) is 71.6 cm³/mol. The lowest BCUT2D eigenvalue weighted by Gasteiger charge is -2.09. The molecule has 0 aliphatic heterocycles. The van der Waals surface area contributed by atoms with Crippen molar-refractivity contribution >= 4 is 22.2 Å². The summed E-state index contributed by atoms with van der Waals surface area (Å²) in [6.45, 7) is 0. The molecule has 2 aromatic heterocycles. The Balaban J connectivity index is 2.39. The molecule has 0 bridgehead atoms. The number of fused-ring (bicyclic) bond motifs is 1. The molecule has 0 unspecified atom stereocenters. The molecule has 2 nitrogen and oxygen atoms in total. The van der Waals surface area contributed by atoms with Crippen LogP contribution in [-0.2, 0) is 0 Å². The third-order valence-corrected chi connectivity index (χ3v) is 3.62. The number of benzene rings is 1. The molecular weight excluding hydrogens is 230 g/mol. The number of aromatic nitrogens is 1. The van der Waals surface area contributed by atoms with E-state index >= 15 is 0 Å². The third kappa shape index (κ3) is 1.68. The Bertz CT molecular complexity index is 646. The van der Waals surface area contributed by atoms with Crippen molar-refractivity contribution < 1.29 is 4.74 Å². The summed E-state index contributed by atoms with van der Waals surface area (Å²) in [6.07, 6.45) is 1.79. The van der Waals surface area contributed by atoms with E-state index < -0.39 is 0 Å². The van der Waals surface area contributed by atoms with Gasteiger partial charge in [-0.05, 0) is 17.5 Å². The van der Waals surface area contributed by atoms with Crippen molar-refractivity contribution in [3.05, 3.63) is 48.0 Å². The molecule has 1 aromatic carbocycles. The number of hydrogen-bond donors (Lipinski definition) is 0. The van der Waals surface area contributed by atoms with E-state index in [9.17, 15) is 0 Å². The van der Waals surface area contributed by atoms with Crippen LogP contribution in [-0.4, -0.2) is 12.1 Å². The van der Waals surface area contributed by atoms with Gasteiger partial charge in [-0.2, -0.15) is 0 Å². The molecule has 17 heavy (non-hydrogen) atoms. The fraction of sp³-hybridized carbons (Fsp3) is 0.0714. The SMILES string of the molecule is COc1cnc2ccccc2c1-c1cccs1. The highest BCUT2D eigenvalue weighted by Crippen LogP contribution is 2.37. The van der Waals surface area contributed by atoms with Crippen LogP contribution in [0.15, 0.2) is 48.0 Å². The van der Waals surface area contributed by atoms with Crippen LogP contribution in [0.25, 0.3) is 21.3 Å². The summed E-state index contributed by atoms with van der Waals surface area (Å²) in [7, 11) is 1.68. The van der Waals surface area contributed by atoms with Gasteiger partial charge in [0.15, 0.2) is 0 Å². The molecule has 84 valence electrons. The zero-order chi connectivity index (χ0) is 11.7. The molecule has 0 atom stereocenters. The average Bonchev–Trinajstić information content (AvgIpc) is 2.91. The molecule has 0 fully saturated rings. The summed E-state index contributed by atoms with van der Waals surface area (Å²) in [6, 6.07) is 12.3. The van der Waals surface area contributed by atoms with E-state index in [2.05, 4.69) is 28.6 Å². The van der Waals surface area contributed by atoms with Gasteiger partial charge in [0, 0.05) is 15.8 Å². The van der Waals surface area contributed by atoms with Gasteiger partial charge in [-0.25, -0.2) is 0 Å². The van der Waals surface area contributed by atoms with E-state index in [0.717, 1.165) is 22.2 Å². The van der Waals surface area contributed by atoms with Gasteiger partial charge in [-0.1, -0.05) is 24.3 Å². The average molecular weight is 241 g/mol. The summed E-state index contributed by atoms with van der Waals surface area (Å²) in [5.74, 6) is 0.825. The molecule has 0 radical (unpaired) electrons. The topological polar surface area (TPSA) is 22.1 Å². The van der Waals surface area contributed by atoms with Gasteiger partial charge in [-0.3, -0.25) is 4.98 Å². The molecule has 0 N–H and O–H groups in total. The van der Waals surface area contributed by atoms with E-state index in [0.29, 0.717) is 0 Å². The first kappa shape index (κ1) is 10.3. The molecule has 3 heteroatoms. The van der Waals surface area contributed by atoms with Crippen LogP contribution in [0.1, 0.15) is 0 Å². The molecule has 3 rings (SSSR count). The van der Waals surface area contributed by atoms with E-state index in [1.54, 1.807) is 24.6 Å². The van der Waals surface area contributed by atoms with E-state index in [4.69, 9.17) is 4.74 Å². The van der Waals surface area contributed by atoms with Crippen molar-refractivity contribution in [1.82, 2.24) is 4.98 Å². The Morgan fingerprint density at radius 2 is 2.00 bits per heavy atom. The Morgan fingerprint density at radius 3 is 2.76 bits per heavy atom. The van der Waals surface area contributed by atoms with E-state index in [-0.39, 0.29) is 0 Å². The van der Waals surface area contributed by atoms with Crippen LogP contribution in [0.5, 0.6) is 5.75 Å². The standard InChI is InChI=1S/C14H11NOS/c1-16-12-9-15-11-6-3-2-5-10(11)14(12)13-7-4-8-17-13/h2-9H,1H3. The first-order valence-electron chi connectivity index (χ1n) is 5.36. The maximum Gasteiger partial charge on any atom is 0.146 e. The smallest absolute Gasteiger partial charge is 0.146 e. The highest BCUT2D eigenvalue weighted by molar-refractivity contribution is 7.13. The fourth-order valence-electron chi connectivity index (χ4n) is 1.95. The van der Waals surface area contributed by atoms with Crippen molar-refractivity contribution in [3.8, 4) is 16.2 Å². The minimum absolute atomic E-state index is 0.825. The molecule has 0 saturated carbocycles. The van der Waals surface area contributed by atoms with Crippen molar-refractivity contribution in [3.63, 3.8) is 0 Å². The number of pyridine rings is 1. The zero-order valence-corrected chi connectivity index (χ0v) is 10.2. The highest BCUT2D eigenvalue weighted by Gasteiger charge is 2.11. The summed E-state index contributed by atoms with van der Waals surface area (Å²) in [4.78, 5) is 5.61. The highest BCUT2D eigenvalue weighted by atomic mass is 32.1. The lowest BCUT2D eigenvalue weighted by Crippen LogP contribution is -1.90. The maximum atomic E-state index is 5.42. The third-order valence-electron chi connectivity index (χ3n) is 2.73. The largest absolute Gasteiger partial charge is 0.494 e. The number of para-hydroxylation sites is 1. The summed E-state index contributed by atoms with van der Waals surface area (Å²) in [5, 5.41) is 3.21. The first-order valence-corrected chi connectivity index (χ1v) is 6.24. The normalized spacial score (nSPS) is 10.6. The lowest BCUT2D eigenvalue weighted by molar-refractivity contribution is 0.415. The van der Waals surface area contributed by atoms with Gasteiger partial charge in [-0.15, -0.1) is 11.3 Å². The van der Waals surface area contributed by atoms with Gasteiger partial charge in [0.1, 0.15) is 5.75 Å². The van der Waals surface area contributed by atoms with Gasteiger partial charge in [0.2, 0.25) is 0 Å². The van der Waals surface area contributed by atoms with Crippen LogP contribution in [0.4, 0.5) is 0 Å². The van der Waals surface area contributed by atoms with E-state index in [1.807, 2.05) is 18.2 Å². The van der Waals surface area contributed by atoms with Crippen molar-refractivity contribution in [2.24, 2.45) is 0 Å². The maximum absolute atomic E-state index is 5.42. The van der Waals surface area contributed by atoms with Crippen LogP contribution in [0.3, 0.4) is 0 Å². The van der Waals surface area contributed by atoms with Gasteiger partial charge < -0.3 is 4.74 Å². The summed E-state index contributed by atoms with van der Waals surface area (Å²) in [5.41, 5.74) is 2.13. The Morgan fingerprint density at radius 1 is 1.12 bits per heavy atom. The Kier molecular flexibility index (Phi) is 2.53. The molecular formula is C14H11NOS. The van der Waals surface area contributed by atoms with Crippen molar-refractivity contribution in [2.75, 3.05) is 7.11 Å². The Labute approximate surface area is 104 Å². The summed E-state index contributed by atoms with van der Waals surface area (Å²) < 4.78 is 5.42. The van der Waals surface area contributed by atoms with E-state index in [1.165, 1.54) is 4.88 Å². The quantitative estimate of drug-likeness (QED) is 0.677. The number of rotatable bonds is 2. The molecule has 0 amide bonds. The molecule has 0 aliphatic carbocycles. The van der Waals surface area contributed by atoms with Crippen LogP contribution in [0, 0.1) is 0 Å². The predicted octanol–water partition coefficient (Wildman–Crippen LogP) is 3.97. The molecule has 3 aromatic rings. The second-order valence-electron chi connectivity index (χ2n) is 3.70. The van der Waals surface area contributed by atoms with Crippen LogP contribution < -0.4 is 4.74 Å². The number of hydrogen-bond acceptors (Lipinski definition) is 3. The van der Waals surface area contributed by atoms with Gasteiger partial charge in [0.05, 0.1) is 18.8 Å². The minimum atomic E-state index is 0.825. The Hall–Kier alpha value is -1.87. The number of methoxy groups -OCH3 is 1. The lowest BCUT2D eigenvalue weighted by atomic mass is 10.1. The second-order valence-corrected chi connectivity index (χ2v) is 4.64. The second kappa shape index (κ2) is 4.18. The fourth-order valence-corrected chi connectivity index (χ4v) is 2.74.